The first-order chi connectivity index (χ1) is 14.0. The normalized spacial score (nSPS) is 12.0. The molecule has 3 rings (SSSR count). The monoisotopic (exact) mass is 393 g/mol. The molecule has 0 aliphatic heterocycles. The molecule has 2 aromatic carbocycles. The number of amides is 1. The molecule has 1 aromatic heterocycles. The van der Waals surface area contributed by atoms with Crippen LogP contribution in [-0.4, -0.2) is 45.9 Å². The number of carbonyl (C=O) groups excluding carboxylic acids is 1. The van der Waals surface area contributed by atoms with E-state index < -0.39 is 0 Å². The third-order valence-corrected chi connectivity index (χ3v) is 4.61. The van der Waals surface area contributed by atoms with E-state index in [2.05, 4.69) is 52.0 Å². The Kier molecular flexibility index (Phi) is 6.72. The molecule has 7 heteroatoms. The molecular formula is C22H27N5O2. The Labute approximate surface area is 171 Å². The summed E-state index contributed by atoms with van der Waals surface area (Å²) in [6.07, 6.45) is 1.69. The van der Waals surface area contributed by atoms with Gasteiger partial charge in [-0.1, -0.05) is 36.8 Å². The van der Waals surface area contributed by atoms with Crippen molar-refractivity contribution < 1.29 is 9.53 Å². The minimum atomic E-state index is -0.158. The summed E-state index contributed by atoms with van der Waals surface area (Å²) in [6, 6.07) is 13.9. The molecule has 0 unspecified atom stereocenters. The highest BCUT2D eigenvalue weighted by atomic mass is 16.5. The quantitative estimate of drug-likeness (QED) is 0.635. The molecule has 29 heavy (non-hydrogen) atoms. The number of tetrazole rings is 1. The number of hydrogen-bond donors (Lipinski definition) is 1. The van der Waals surface area contributed by atoms with E-state index in [1.807, 2.05) is 32.0 Å². The lowest BCUT2D eigenvalue weighted by molar-refractivity contribution is 0.0905. The third-order valence-electron chi connectivity index (χ3n) is 4.61. The van der Waals surface area contributed by atoms with E-state index in [0.29, 0.717) is 12.2 Å². The Bertz CT molecular complexity index is 966. The molecule has 1 atom stereocenters. The fourth-order valence-electron chi connectivity index (χ4n) is 3.16. The van der Waals surface area contributed by atoms with Crippen molar-refractivity contribution in [3.8, 4) is 16.8 Å². The Morgan fingerprint density at radius 1 is 1.17 bits per heavy atom. The number of hydrogen-bond acceptors (Lipinski definition) is 5. The van der Waals surface area contributed by atoms with Crippen LogP contribution in [-0.2, 0) is 11.2 Å². The van der Waals surface area contributed by atoms with Gasteiger partial charge in [0, 0.05) is 25.1 Å². The first-order valence-corrected chi connectivity index (χ1v) is 9.81. The maximum atomic E-state index is 12.9. The first-order valence-electron chi connectivity index (χ1n) is 9.81. The van der Waals surface area contributed by atoms with Gasteiger partial charge in [0.2, 0.25) is 0 Å². The second-order valence-electron chi connectivity index (χ2n) is 7.22. The summed E-state index contributed by atoms with van der Waals surface area (Å²) < 4.78 is 6.83. The molecule has 0 saturated heterocycles. The van der Waals surface area contributed by atoms with Crippen LogP contribution in [0.2, 0.25) is 0 Å². The van der Waals surface area contributed by atoms with Crippen LogP contribution >= 0.6 is 0 Å². The van der Waals surface area contributed by atoms with Gasteiger partial charge in [-0.3, -0.25) is 4.79 Å². The van der Waals surface area contributed by atoms with Gasteiger partial charge in [0.1, 0.15) is 0 Å². The SMILES string of the molecule is CCCc1nnnn1-c1cc(C(=O)N[C@H](C)COC)cc(-c2ccc(C)cc2)c1. The van der Waals surface area contributed by atoms with Crippen LogP contribution in [0, 0.1) is 6.92 Å². The van der Waals surface area contributed by atoms with Gasteiger partial charge in [-0.2, -0.15) is 4.68 Å². The predicted octanol–water partition coefficient (Wildman–Crippen LogP) is 3.35. The van der Waals surface area contributed by atoms with Gasteiger partial charge in [-0.05, 0) is 60.0 Å². The number of nitrogens with one attached hydrogen (secondary N) is 1. The van der Waals surface area contributed by atoms with E-state index in [9.17, 15) is 4.79 Å². The van der Waals surface area contributed by atoms with Crippen molar-refractivity contribution >= 4 is 5.91 Å². The number of nitrogens with zero attached hydrogens (tertiary/aromatic N) is 4. The molecule has 1 amide bonds. The zero-order chi connectivity index (χ0) is 20.8. The van der Waals surface area contributed by atoms with Gasteiger partial charge in [0.15, 0.2) is 5.82 Å². The van der Waals surface area contributed by atoms with Crippen LogP contribution in [0.3, 0.4) is 0 Å². The van der Waals surface area contributed by atoms with E-state index >= 15 is 0 Å². The Morgan fingerprint density at radius 3 is 2.62 bits per heavy atom. The fourth-order valence-corrected chi connectivity index (χ4v) is 3.16. The van der Waals surface area contributed by atoms with E-state index in [1.165, 1.54) is 5.56 Å². The van der Waals surface area contributed by atoms with Crippen molar-refractivity contribution in [2.45, 2.75) is 39.7 Å². The topological polar surface area (TPSA) is 81.9 Å². The number of carbonyl (C=O) groups is 1. The predicted molar refractivity (Wildman–Crippen MR) is 112 cm³/mol. The molecule has 0 spiro atoms. The molecule has 7 nitrogen and oxygen atoms in total. The summed E-state index contributed by atoms with van der Waals surface area (Å²) in [7, 11) is 1.62. The molecule has 152 valence electrons. The van der Waals surface area contributed by atoms with Crippen LogP contribution in [0.5, 0.6) is 0 Å². The maximum absolute atomic E-state index is 12.9. The molecule has 0 aliphatic rings. The minimum Gasteiger partial charge on any atom is -0.383 e. The van der Waals surface area contributed by atoms with Gasteiger partial charge in [0.25, 0.3) is 5.91 Å². The summed E-state index contributed by atoms with van der Waals surface area (Å²) in [5.74, 6) is 0.613. The molecular weight excluding hydrogens is 366 g/mol. The summed E-state index contributed by atoms with van der Waals surface area (Å²) in [5, 5.41) is 15.1. The van der Waals surface area contributed by atoms with E-state index in [4.69, 9.17) is 4.74 Å². The number of aryl methyl sites for hydroxylation is 2. The van der Waals surface area contributed by atoms with Crippen molar-refractivity contribution in [3.63, 3.8) is 0 Å². The molecule has 0 fully saturated rings. The van der Waals surface area contributed by atoms with Crippen molar-refractivity contribution in [3.05, 3.63) is 59.4 Å². The van der Waals surface area contributed by atoms with Gasteiger partial charge in [0.05, 0.1) is 12.3 Å². The van der Waals surface area contributed by atoms with Crippen LogP contribution in [0.25, 0.3) is 16.8 Å². The van der Waals surface area contributed by atoms with Gasteiger partial charge >= 0.3 is 0 Å². The van der Waals surface area contributed by atoms with Crippen LogP contribution in [0.4, 0.5) is 0 Å². The highest BCUT2D eigenvalue weighted by Gasteiger charge is 2.15. The smallest absolute Gasteiger partial charge is 0.251 e. The second kappa shape index (κ2) is 9.43. The maximum Gasteiger partial charge on any atom is 0.251 e. The van der Waals surface area contributed by atoms with Crippen LogP contribution in [0.1, 0.15) is 42.0 Å². The van der Waals surface area contributed by atoms with Gasteiger partial charge in [-0.15, -0.1) is 5.10 Å². The number of aromatic nitrogens is 4. The Balaban J connectivity index is 2.05. The summed E-state index contributed by atoms with van der Waals surface area (Å²) >= 11 is 0. The van der Waals surface area contributed by atoms with E-state index in [0.717, 1.165) is 35.5 Å². The molecule has 0 saturated carbocycles. The molecule has 0 radical (unpaired) electrons. The van der Waals surface area contributed by atoms with Crippen LogP contribution in [0.15, 0.2) is 42.5 Å². The largest absolute Gasteiger partial charge is 0.383 e. The minimum absolute atomic E-state index is 0.0947. The zero-order valence-corrected chi connectivity index (χ0v) is 17.3. The molecule has 0 bridgehead atoms. The number of methoxy groups -OCH3 is 1. The Morgan fingerprint density at radius 2 is 1.93 bits per heavy atom. The fraction of sp³-hybridized carbons (Fsp3) is 0.364. The highest BCUT2D eigenvalue weighted by molar-refractivity contribution is 5.96. The highest BCUT2D eigenvalue weighted by Crippen LogP contribution is 2.25. The van der Waals surface area contributed by atoms with E-state index in [-0.39, 0.29) is 11.9 Å². The van der Waals surface area contributed by atoms with Crippen molar-refractivity contribution in [2.24, 2.45) is 0 Å². The molecule has 3 aromatic rings. The number of ether oxygens (including phenoxy) is 1. The lowest BCUT2D eigenvalue weighted by Crippen LogP contribution is -2.35. The Hall–Kier alpha value is -3.06. The summed E-state index contributed by atoms with van der Waals surface area (Å²) in [4.78, 5) is 12.9. The van der Waals surface area contributed by atoms with Crippen molar-refractivity contribution in [2.75, 3.05) is 13.7 Å². The summed E-state index contributed by atoms with van der Waals surface area (Å²) in [6.45, 7) is 6.49. The number of benzene rings is 2. The lowest BCUT2D eigenvalue weighted by atomic mass is 10.0. The lowest BCUT2D eigenvalue weighted by Gasteiger charge is -2.15. The number of rotatable bonds is 8. The molecule has 0 aliphatic carbocycles. The first kappa shape index (κ1) is 20.7. The average molecular weight is 393 g/mol. The zero-order valence-electron chi connectivity index (χ0n) is 17.3. The third kappa shape index (κ3) is 5.06. The average Bonchev–Trinajstić information content (AvgIpc) is 3.17. The second-order valence-corrected chi connectivity index (χ2v) is 7.22. The summed E-state index contributed by atoms with van der Waals surface area (Å²) in [5.41, 5.74) is 4.47. The van der Waals surface area contributed by atoms with Crippen molar-refractivity contribution in [1.82, 2.24) is 25.5 Å². The van der Waals surface area contributed by atoms with Crippen molar-refractivity contribution in [1.29, 1.82) is 0 Å². The van der Waals surface area contributed by atoms with Gasteiger partial charge < -0.3 is 10.1 Å². The van der Waals surface area contributed by atoms with E-state index in [1.54, 1.807) is 11.8 Å². The standard InChI is InChI=1S/C22H27N5O2/c1-5-6-21-24-25-26-27(21)20-12-18(17-9-7-15(2)8-10-17)11-19(13-20)22(28)23-16(3)14-29-4/h7-13,16H,5-6,14H2,1-4H3,(H,23,28)/t16-/m1/s1. The van der Waals surface area contributed by atoms with Crippen LogP contribution < -0.4 is 5.32 Å². The molecule has 1 heterocycles. The van der Waals surface area contributed by atoms with Gasteiger partial charge in [-0.25, -0.2) is 0 Å². The molecule has 1 N–H and O–H groups in total.